The van der Waals surface area contributed by atoms with Crippen molar-refractivity contribution in [2.45, 2.75) is 57.5 Å². The van der Waals surface area contributed by atoms with Crippen molar-refractivity contribution in [2.24, 2.45) is 16.7 Å². The first-order valence-corrected chi connectivity index (χ1v) is 7.53. The molecule has 4 aliphatic carbocycles. The summed E-state index contributed by atoms with van der Waals surface area (Å²) < 4.78 is 0. The average Bonchev–Trinajstić information content (AvgIpc) is 2.33. The molecule has 0 aromatic heterocycles. The summed E-state index contributed by atoms with van der Waals surface area (Å²) in [4.78, 5) is 23.2. The minimum absolute atomic E-state index is 0.0781. The van der Waals surface area contributed by atoms with Crippen molar-refractivity contribution in [3.63, 3.8) is 0 Å². The number of amides is 1. The van der Waals surface area contributed by atoms with E-state index in [2.05, 4.69) is 12.2 Å². The summed E-state index contributed by atoms with van der Waals surface area (Å²) in [6.45, 7) is 1.81. The van der Waals surface area contributed by atoms with Crippen LogP contribution in [0.2, 0.25) is 0 Å². The highest BCUT2D eigenvalue weighted by atomic mass is 16.4. The van der Waals surface area contributed by atoms with Gasteiger partial charge in [0.1, 0.15) is 6.54 Å². The van der Waals surface area contributed by atoms with Gasteiger partial charge in [-0.15, -0.1) is 0 Å². The smallest absolute Gasteiger partial charge is 0.322 e. The van der Waals surface area contributed by atoms with Crippen LogP contribution in [0.3, 0.4) is 0 Å². The zero-order chi connectivity index (χ0) is 14.6. The normalized spacial score (nSPS) is 45.4. The van der Waals surface area contributed by atoms with E-state index in [1.54, 1.807) is 0 Å². The minimum atomic E-state index is -1.02. The van der Waals surface area contributed by atoms with Crippen molar-refractivity contribution in [3.8, 4) is 0 Å². The van der Waals surface area contributed by atoms with Gasteiger partial charge in [0.25, 0.3) is 0 Å². The Morgan fingerprint density at radius 3 is 2.55 bits per heavy atom. The van der Waals surface area contributed by atoms with Crippen molar-refractivity contribution in [1.29, 1.82) is 0 Å². The molecule has 0 radical (unpaired) electrons. The molecule has 5 heteroatoms. The zero-order valence-corrected chi connectivity index (χ0v) is 11.9. The maximum atomic E-state index is 12.5. The molecule has 20 heavy (non-hydrogen) atoms. The number of carboxylic acids is 1. The summed E-state index contributed by atoms with van der Waals surface area (Å²) in [5.74, 6) is -0.779. The lowest BCUT2D eigenvalue weighted by molar-refractivity contribution is -0.204. The van der Waals surface area contributed by atoms with E-state index in [-0.39, 0.29) is 17.9 Å². The van der Waals surface area contributed by atoms with E-state index in [1.807, 2.05) is 0 Å². The second-order valence-corrected chi connectivity index (χ2v) is 7.44. The van der Waals surface area contributed by atoms with Crippen LogP contribution in [0.4, 0.5) is 0 Å². The summed E-state index contributed by atoms with van der Waals surface area (Å²) >= 11 is 0. The van der Waals surface area contributed by atoms with Gasteiger partial charge < -0.3 is 15.5 Å². The zero-order valence-electron chi connectivity index (χ0n) is 11.9. The Kier molecular flexibility index (Phi) is 2.91. The van der Waals surface area contributed by atoms with Gasteiger partial charge in [-0.05, 0) is 49.9 Å². The van der Waals surface area contributed by atoms with Crippen LogP contribution in [0.1, 0.15) is 51.9 Å². The molecule has 4 unspecified atom stereocenters. The second kappa shape index (κ2) is 4.20. The van der Waals surface area contributed by atoms with E-state index < -0.39 is 17.0 Å². The van der Waals surface area contributed by atoms with E-state index in [9.17, 15) is 14.7 Å². The van der Waals surface area contributed by atoms with Gasteiger partial charge in [0.15, 0.2) is 0 Å². The lowest BCUT2D eigenvalue weighted by Crippen LogP contribution is -2.64. The molecule has 4 aliphatic rings. The lowest BCUT2D eigenvalue weighted by atomic mass is 9.42. The predicted octanol–water partition coefficient (Wildman–Crippen LogP) is 1.30. The molecule has 0 aromatic rings. The highest BCUT2D eigenvalue weighted by Gasteiger charge is 2.64. The van der Waals surface area contributed by atoms with Gasteiger partial charge in [0.2, 0.25) is 5.91 Å². The van der Waals surface area contributed by atoms with E-state index in [0.29, 0.717) is 12.3 Å². The third kappa shape index (κ3) is 2.03. The monoisotopic (exact) mass is 281 g/mol. The summed E-state index contributed by atoms with van der Waals surface area (Å²) in [5.41, 5.74) is -1.18. The number of hydrogen-bond donors (Lipinski definition) is 3. The topological polar surface area (TPSA) is 86.6 Å². The summed E-state index contributed by atoms with van der Waals surface area (Å²) in [6, 6.07) is 0. The lowest BCUT2D eigenvalue weighted by Gasteiger charge is -2.64. The molecule has 4 fully saturated rings. The third-order valence-electron chi connectivity index (χ3n) is 5.79. The molecule has 4 atom stereocenters. The first kappa shape index (κ1) is 13.9. The summed E-state index contributed by atoms with van der Waals surface area (Å²) in [6.07, 6.45) is 5.83. The highest BCUT2D eigenvalue weighted by Crippen LogP contribution is 2.67. The molecule has 112 valence electrons. The number of carboxylic acid groups (broad SMARTS) is 1. The first-order chi connectivity index (χ1) is 9.30. The van der Waals surface area contributed by atoms with Crippen LogP contribution in [-0.2, 0) is 9.59 Å². The number of carbonyl (C=O) groups excluding carboxylic acids is 1. The number of carbonyl (C=O) groups is 2. The van der Waals surface area contributed by atoms with E-state index >= 15 is 0 Å². The highest BCUT2D eigenvalue weighted by molar-refractivity contribution is 5.86. The Morgan fingerprint density at radius 2 is 1.95 bits per heavy atom. The number of rotatable bonds is 4. The molecule has 1 amide bonds. The fraction of sp³-hybridized carbons (Fsp3) is 0.867. The second-order valence-electron chi connectivity index (χ2n) is 7.44. The molecular weight excluding hydrogens is 258 g/mol. The van der Waals surface area contributed by atoms with Crippen LogP contribution in [0.5, 0.6) is 0 Å². The van der Waals surface area contributed by atoms with Crippen LogP contribution in [0, 0.1) is 16.7 Å². The van der Waals surface area contributed by atoms with E-state index in [4.69, 9.17) is 5.11 Å². The molecule has 0 aromatic carbocycles. The Bertz CT molecular complexity index is 465. The quantitative estimate of drug-likeness (QED) is 0.725. The molecule has 4 saturated carbocycles. The maximum Gasteiger partial charge on any atom is 0.322 e. The van der Waals surface area contributed by atoms with E-state index in [1.165, 1.54) is 0 Å². The summed E-state index contributed by atoms with van der Waals surface area (Å²) in [5, 5.41) is 22.1. The minimum Gasteiger partial charge on any atom is -0.480 e. The molecule has 4 rings (SSSR count). The number of aliphatic hydroxyl groups is 1. The van der Waals surface area contributed by atoms with Crippen molar-refractivity contribution >= 4 is 11.9 Å². The van der Waals surface area contributed by atoms with Crippen LogP contribution >= 0.6 is 0 Å². The molecule has 0 spiro atoms. The van der Waals surface area contributed by atoms with E-state index in [0.717, 1.165) is 38.5 Å². The number of nitrogens with one attached hydrogen (secondary N) is 1. The fourth-order valence-electron chi connectivity index (χ4n) is 5.58. The molecule has 0 aliphatic heterocycles. The fourth-order valence-corrected chi connectivity index (χ4v) is 5.58. The maximum absolute atomic E-state index is 12.5. The summed E-state index contributed by atoms with van der Waals surface area (Å²) in [7, 11) is 0. The predicted molar refractivity (Wildman–Crippen MR) is 71.9 cm³/mol. The van der Waals surface area contributed by atoms with Crippen LogP contribution < -0.4 is 5.32 Å². The van der Waals surface area contributed by atoms with Gasteiger partial charge >= 0.3 is 5.97 Å². The van der Waals surface area contributed by atoms with Gasteiger partial charge in [-0.2, -0.15) is 0 Å². The number of aliphatic carboxylic acids is 1. The Hall–Kier alpha value is -1.10. The number of hydrogen-bond acceptors (Lipinski definition) is 3. The molecular formula is C15H23NO4. The van der Waals surface area contributed by atoms with Crippen molar-refractivity contribution < 1.29 is 19.8 Å². The standard InChI is InChI=1S/C15H23NO4/c1-2-13-3-10-4-14(7-13,9-15(20,5-10)8-13)12(19)16-6-11(17)18/h10,20H,2-9H2,1H3,(H,16,19)(H,17,18). The van der Waals surface area contributed by atoms with Crippen LogP contribution in [-0.4, -0.2) is 34.2 Å². The Morgan fingerprint density at radius 1 is 1.20 bits per heavy atom. The SMILES string of the molecule is CCC12CC3CC(O)(C1)CC(C(=O)NCC(=O)O)(C3)C2. The third-order valence-corrected chi connectivity index (χ3v) is 5.79. The van der Waals surface area contributed by atoms with Gasteiger partial charge in [0.05, 0.1) is 11.0 Å². The van der Waals surface area contributed by atoms with Crippen LogP contribution in [0.25, 0.3) is 0 Å². The Labute approximate surface area is 118 Å². The van der Waals surface area contributed by atoms with Gasteiger partial charge in [-0.3, -0.25) is 9.59 Å². The molecule has 0 saturated heterocycles. The molecule has 3 N–H and O–H groups in total. The molecule has 4 bridgehead atoms. The Balaban J connectivity index is 1.86. The van der Waals surface area contributed by atoms with Gasteiger partial charge in [0, 0.05) is 0 Å². The largest absolute Gasteiger partial charge is 0.480 e. The van der Waals surface area contributed by atoms with Gasteiger partial charge in [-0.1, -0.05) is 13.3 Å². The van der Waals surface area contributed by atoms with Gasteiger partial charge in [-0.25, -0.2) is 0 Å². The van der Waals surface area contributed by atoms with Crippen molar-refractivity contribution in [1.82, 2.24) is 5.32 Å². The van der Waals surface area contributed by atoms with Crippen molar-refractivity contribution in [2.75, 3.05) is 6.54 Å². The molecule has 0 heterocycles. The molecule has 5 nitrogen and oxygen atoms in total. The van der Waals surface area contributed by atoms with Crippen molar-refractivity contribution in [3.05, 3.63) is 0 Å². The average molecular weight is 281 g/mol. The van der Waals surface area contributed by atoms with Crippen LogP contribution in [0.15, 0.2) is 0 Å². The first-order valence-electron chi connectivity index (χ1n) is 7.53.